The summed E-state index contributed by atoms with van der Waals surface area (Å²) in [7, 11) is 0. The van der Waals surface area contributed by atoms with E-state index in [0.29, 0.717) is 30.7 Å². The molecule has 1 N–H and O–H groups in total. The molecule has 2 aromatic heterocycles. The van der Waals surface area contributed by atoms with Crippen molar-refractivity contribution in [2.45, 2.75) is 11.9 Å². The molecule has 1 aliphatic rings. The lowest BCUT2D eigenvalue weighted by molar-refractivity contribution is -0.115. The number of morpholine rings is 1. The average Bonchev–Trinajstić information content (AvgIpc) is 3.36. The van der Waals surface area contributed by atoms with Gasteiger partial charge in [0.2, 0.25) is 5.88 Å². The fraction of sp³-hybridized carbons (Fsp3) is 0.273. The van der Waals surface area contributed by atoms with Gasteiger partial charge < -0.3 is 14.3 Å². The van der Waals surface area contributed by atoms with Crippen LogP contribution in [0.25, 0.3) is 22.0 Å². The highest BCUT2D eigenvalue weighted by atomic mass is 32.2. The average molecular weight is 452 g/mol. The minimum Gasteiger partial charge on any atom is -0.493 e. The van der Waals surface area contributed by atoms with Gasteiger partial charge in [0.05, 0.1) is 31.2 Å². The fourth-order valence-electron chi connectivity index (χ4n) is 3.63. The molecule has 0 saturated carbocycles. The number of benzene rings is 2. The minimum atomic E-state index is -0.443. The van der Waals surface area contributed by atoms with Crippen molar-refractivity contribution in [2.75, 3.05) is 32.1 Å². The Morgan fingerprint density at radius 1 is 1.12 bits per heavy atom. The molecule has 0 unspecified atom stereocenters. The highest BCUT2D eigenvalue weighted by Crippen LogP contribution is 2.39. The predicted octanol–water partition coefficient (Wildman–Crippen LogP) is 4.18. The normalized spacial score (nSPS) is 15.2. The molecular formula is C22H21N5O4S. The zero-order chi connectivity index (χ0) is 21.9. The number of para-hydroxylation sites is 3. The van der Waals surface area contributed by atoms with Crippen LogP contribution in [0.5, 0.6) is 5.88 Å². The maximum atomic E-state index is 12.3. The Balaban J connectivity index is 1.32. The highest BCUT2D eigenvalue weighted by molar-refractivity contribution is 7.99. The molecule has 1 saturated heterocycles. The number of aromatic hydroxyl groups is 1. The molecule has 0 bridgehead atoms. The summed E-state index contributed by atoms with van der Waals surface area (Å²) in [6.45, 7) is 3.41. The number of amides is 1. The number of thioether (sulfide) groups is 1. The highest BCUT2D eigenvalue weighted by Gasteiger charge is 2.20. The largest absolute Gasteiger partial charge is 0.493 e. The molecular weight excluding hydrogens is 430 g/mol. The van der Waals surface area contributed by atoms with Crippen molar-refractivity contribution >= 4 is 45.4 Å². The van der Waals surface area contributed by atoms with E-state index in [9.17, 15) is 9.90 Å². The SMILES string of the molecule is O=C(CSc1nc2ccccc2o1)N=Nc1c(O)n(CN2CCOCC2)c2ccccc12. The minimum absolute atomic E-state index is 0.0131. The molecule has 0 aliphatic carbocycles. The van der Waals surface area contributed by atoms with E-state index in [0.717, 1.165) is 41.3 Å². The van der Waals surface area contributed by atoms with Crippen molar-refractivity contribution in [1.82, 2.24) is 14.5 Å². The van der Waals surface area contributed by atoms with E-state index >= 15 is 0 Å². The van der Waals surface area contributed by atoms with Crippen LogP contribution >= 0.6 is 11.8 Å². The number of ether oxygens (including phenoxy) is 1. The van der Waals surface area contributed by atoms with Gasteiger partial charge in [-0.1, -0.05) is 42.1 Å². The first-order valence-electron chi connectivity index (χ1n) is 10.2. The molecule has 9 nitrogen and oxygen atoms in total. The molecule has 2 aromatic carbocycles. The predicted molar refractivity (Wildman–Crippen MR) is 120 cm³/mol. The summed E-state index contributed by atoms with van der Waals surface area (Å²) in [5.41, 5.74) is 2.52. The third kappa shape index (κ3) is 4.24. The molecule has 1 fully saturated rings. The van der Waals surface area contributed by atoms with Gasteiger partial charge in [-0.2, -0.15) is 0 Å². The maximum absolute atomic E-state index is 12.3. The maximum Gasteiger partial charge on any atom is 0.275 e. The summed E-state index contributed by atoms with van der Waals surface area (Å²) in [5, 5.41) is 19.9. The first-order valence-corrected chi connectivity index (χ1v) is 11.2. The second-order valence-corrected chi connectivity index (χ2v) is 8.25. The van der Waals surface area contributed by atoms with Crippen molar-refractivity contribution in [3.05, 3.63) is 48.5 Å². The van der Waals surface area contributed by atoms with E-state index in [1.165, 1.54) is 0 Å². The topological polar surface area (TPSA) is 105 Å². The van der Waals surface area contributed by atoms with Crippen LogP contribution in [0.1, 0.15) is 0 Å². The van der Waals surface area contributed by atoms with Gasteiger partial charge in [0.1, 0.15) is 5.52 Å². The number of azo groups is 1. The monoisotopic (exact) mass is 451 g/mol. The molecule has 10 heteroatoms. The van der Waals surface area contributed by atoms with Gasteiger partial charge >= 0.3 is 0 Å². The van der Waals surface area contributed by atoms with E-state index in [-0.39, 0.29) is 17.3 Å². The Morgan fingerprint density at radius 3 is 2.75 bits per heavy atom. The van der Waals surface area contributed by atoms with Gasteiger partial charge in [0.15, 0.2) is 11.3 Å². The fourth-order valence-corrected chi connectivity index (χ4v) is 4.24. The number of hydrogen-bond acceptors (Lipinski definition) is 8. The van der Waals surface area contributed by atoms with Crippen molar-refractivity contribution in [3.63, 3.8) is 0 Å². The lowest BCUT2D eigenvalue weighted by atomic mass is 10.2. The molecule has 3 heterocycles. The summed E-state index contributed by atoms with van der Waals surface area (Å²) in [6, 6.07) is 15.0. The summed E-state index contributed by atoms with van der Waals surface area (Å²) < 4.78 is 12.8. The Kier molecular flexibility index (Phi) is 5.89. The molecule has 5 rings (SSSR count). The van der Waals surface area contributed by atoms with Crippen LogP contribution in [0.2, 0.25) is 0 Å². The molecule has 4 aromatic rings. The number of oxazole rings is 1. The Hall–Kier alpha value is -3.21. The van der Waals surface area contributed by atoms with E-state index in [1.807, 2.05) is 48.5 Å². The van der Waals surface area contributed by atoms with Gasteiger partial charge in [-0.15, -0.1) is 10.2 Å². The number of carbonyl (C=O) groups excluding carboxylic acids is 1. The zero-order valence-corrected chi connectivity index (χ0v) is 18.0. The molecule has 1 aliphatic heterocycles. The number of hydrogen-bond donors (Lipinski definition) is 1. The van der Waals surface area contributed by atoms with Gasteiger partial charge in [-0.3, -0.25) is 14.3 Å². The van der Waals surface area contributed by atoms with Crippen molar-refractivity contribution < 1.29 is 19.1 Å². The number of nitrogens with zero attached hydrogens (tertiary/aromatic N) is 5. The summed E-state index contributed by atoms with van der Waals surface area (Å²) in [4.78, 5) is 18.8. The van der Waals surface area contributed by atoms with Crippen LogP contribution in [-0.2, 0) is 16.2 Å². The van der Waals surface area contributed by atoms with E-state index < -0.39 is 5.91 Å². The number of rotatable bonds is 6. The third-order valence-electron chi connectivity index (χ3n) is 5.22. The van der Waals surface area contributed by atoms with Crippen LogP contribution in [-0.4, -0.2) is 57.5 Å². The van der Waals surface area contributed by atoms with Gasteiger partial charge in [0, 0.05) is 18.5 Å². The Morgan fingerprint density at radius 2 is 1.91 bits per heavy atom. The van der Waals surface area contributed by atoms with Crippen molar-refractivity contribution in [3.8, 4) is 5.88 Å². The van der Waals surface area contributed by atoms with Gasteiger partial charge in [-0.05, 0) is 18.2 Å². The Labute approximate surface area is 187 Å². The van der Waals surface area contributed by atoms with Crippen LogP contribution in [0.3, 0.4) is 0 Å². The second kappa shape index (κ2) is 9.11. The molecule has 0 spiro atoms. The summed E-state index contributed by atoms with van der Waals surface area (Å²) in [5.74, 6) is -0.425. The summed E-state index contributed by atoms with van der Waals surface area (Å²) >= 11 is 1.16. The Bertz CT molecular complexity index is 1260. The van der Waals surface area contributed by atoms with Crippen LogP contribution in [0.15, 0.2) is 68.4 Å². The molecule has 0 atom stereocenters. The smallest absolute Gasteiger partial charge is 0.275 e. The lowest BCUT2D eigenvalue weighted by Crippen LogP contribution is -2.37. The van der Waals surface area contributed by atoms with Crippen LogP contribution < -0.4 is 0 Å². The molecule has 164 valence electrons. The van der Waals surface area contributed by atoms with Gasteiger partial charge in [-0.25, -0.2) is 4.98 Å². The third-order valence-corrected chi connectivity index (χ3v) is 6.03. The number of carbonyl (C=O) groups is 1. The lowest BCUT2D eigenvalue weighted by Gasteiger charge is -2.27. The first kappa shape index (κ1) is 20.7. The van der Waals surface area contributed by atoms with Gasteiger partial charge in [0.25, 0.3) is 11.1 Å². The van der Waals surface area contributed by atoms with Crippen LogP contribution in [0.4, 0.5) is 5.69 Å². The number of aromatic nitrogens is 2. The van der Waals surface area contributed by atoms with Crippen molar-refractivity contribution in [1.29, 1.82) is 0 Å². The molecule has 0 radical (unpaired) electrons. The first-order chi connectivity index (χ1) is 15.7. The van der Waals surface area contributed by atoms with E-state index in [1.54, 1.807) is 4.57 Å². The van der Waals surface area contributed by atoms with E-state index in [2.05, 4.69) is 20.1 Å². The quantitative estimate of drug-likeness (QED) is 0.346. The van der Waals surface area contributed by atoms with Crippen molar-refractivity contribution in [2.24, 2.45) is 10.2 Å². The number of fused-ring (bicyclic) bond motifs is 2. The standard InChI is InChI=1S/C22H21N5O4S/c28-19(13-32-22-23-16-6-2-4-8-18(16)31-22)24-25-20-15-5-1-3-7-17(15)27(21(20)29)14-26-9-11-30-12-10-26/h1-8,29H,9-14H2. The summed E-state index contributed by atoms with van der Waals surface area (Å²) in [6.07, 6.45) is 0. The second-order valence-electron chi connectivity index (χ2n) is 7.32. The molecule has 32 heavy (non-hydrogen) atoms. The van der Waals surface area contributed by atoms with E-state index in [4.69, 9.17) is 9.15 Å². The van der Waals surface area contributed by atoms with Crippen LogP contribution in [0, 0.1) is 0 Å². The zero-order valence-electron chi connectivity index (χ0n) is 17.2. The molecule has 1 amide bonds.